The maximum atomic E-state index is 12.4. The van der Waals surface area contributed by atoms with Crippen molar-refractivity contribution in [1.82, 2.24) is 10.6 Å². The van der Waals surface area contributed by atoms with Gasteiger partial charge in [0.2, 0.25) is 3.79 Å². The molecule has 2 rings (SSSR count). The van der Waals surface area contributed by atoms with E-state index in [1.54, 1.807) is 30.3 Å². The third-order valence-electron chi connectivity index (χ3n) is 3.54. The summed E-state index contributed by atoms with van der Waals surface area (Å²) in [6.45, 7) is 1.89. The molecule has 0 bridgehead atoms. The zero-order chi connectivity index (χ0) is 20.9. The van der Waals surface area contributed by atoms with Crippen LogP contribution < -0.4 is 16.0 Å². The molecular weight excluding hydrogens is 447 g/mol. The number of anilines is 1. The van der Waals surface area contributed by atoms with Gasteiger partial charge in [-0.05, 0) is 37.3 Å². The number of hydrogen-bond acceptors (Lipinski definition) is 4. The lowest BCUT2D eigenvalue weighted by atomic mass is 10.1. The van der Waals surface area contributed by atoms with Crippen LogP contribution in [0.15, 0.2) is 48.5 Å². The Morgan fingerprint density at radius 2 is 1.71 bits per heavy atom. The van der Waals surface area contributed by atoms with E-state index in [-0.39, 0.29) is 16.5 Å². The number of nitrogens with zero attached hydrogens (tertiary/aromatic N) is 1. The maximum Gasteiger partial charge on any atom is 0.292 e. The summed E-state index contributed by atoms with van der Waals surface area (Å²) in [6, 6.07) is 12.7. The smallest absolute Gasteiger partial charge is 0.292 e. The highest BCUT2D eigenvalue weighted by atomic mass is 35.6. The number of aryl methyl sites for hydroxylation is 1. The zero-order valence-corrected chi connectivity index (χ0v) is 17.5. The Balaban J connectivity index is 2.12. The number of nitro groups is 1. The largest absolute Gasteiger partial charge is 0.339 e. The first kappa shape index (κ1) is 22.2. The van der Waals surface area contributed by atoms with E-state index < -0.39 is 20.8 Å². The lowest BCUT2D eigenvalue weighted by Gasteiger charge is -2.27. The standard InChI is InChI=1S/C17H15Cl3N4O3S/c1-10-6-8-11(9-7-10)14(25)22-15(17(18,19)20)23-16(28)21-12-4-2-3-5-13(12)24(26)27/h2-9,15H,1H3,(H,22,25)(H2,21,23,28)/t15-/m0/s1. The minimum atomic E-state index is -1.95. The molecule has 28 heavy (non-hydrogen) atoms. The van der Waals surface area contributed by atoms with Gasteiger partial charge in [0.1, 0.15) is 11.9 Å². The van der Waals surface area contributed by atoms with Crippen LogP contribution in [0.2, 0.25) is 0 Å². The molecule has 0 aliphatic carbocycles. The van der Waals surface area contributed by atoms with E-state index >= 15 is 0 Å². The van der Waals surface area contributed by atoms with Crippen molar-refractivity contribution in [3.8, 4) is 0 Å². The number of hydrogen-bond donors (Lipinski definition) is 3. The molecule has 0 saturated carbocycles. The van der Waals surface area contributed by atoms with Gasteiger partial charge >= 0.3 is 0 Å². The number of thiocarbonyl (C=S) groups is 1. The van der Waals surface area contributed by atoms with Crippen LogP contribution in [0.5, 0.6) is 0 Å². The van der Waals surface area contributed by atoms with Gasteiger partial charge in [0.05, 0.1) is 4.92 Å². The van der Waals surface area contributed by atoms with Crippen molar-refractivity contribution in [2.75, 3.05) is 5.32 Å². The topological polar surface area (TPSA) is 96.3 Å². The van der Waals surface area contributed by atoms with Crippen LogP contribution in [-0.4, -0.2) is 25.9 Å². The molecule has 0 aliphatic rings. The number of benzene rings is 2. The SMILES string of the molecule is Cc1ccc(C(=O)N[C@@H](NC(=S)Nc2ccccc2[N+](=O)[O-])C(Cl)(Cl)Cl)cc1. The summed E-state index contributed by atoms with van der Waals surface area (Å²) in [6.07, 6.45) is -1.20. The molecule has 11 heteroatoms. The second kappa shape index (κ2) is 9.38. The van der Waals surface area contributed by atoms with E-state index in [1.807, 2.05) is 6.92 Å². The minimum Gasteiger partial charge on any atom is -0.339 e. The highest BCUT2D eigenvalue weighted by Gasteiger charge is 2.35. The molecule has 0 radical (unpaired) electrons. The van der Waals surface area contributed by atoms with Gasteiger partial charge in [-0.25, -0.2) is 0 Å². The lowest BCUT2D eigenvalue weighted by molar-refractivity contribution is -0.383. The monoisotopic (exact) mass is 460 g/mol. The fourth-order valence-corrected chi connectivity index (χ4v) is 2.70. The first-order chi connectivity index (χ1) is 13.1. The molecule has 2 aromatic rings. The van der Waals surface area contributed by atoms with Crippen LogP contribution in [0.3, 0.4) is 0 Å². The summed E-state index contributed by atoms with van der Waals surface area (Å²) in [5.74, 6) is -0.489. The number of halogens is 3. The van der Waals surface area contributed by atoms with E-state index in [9.17, 15) is 14.9 Å². The highest BCUT2D eigenvalue weighted by Crippen LogP contribution is 2.30. The quantitative estimate of drug-likeness (QED) is 0.202. The van der Waals surface area contributed by atoms with Gasteiger partial charge in [0.15, 0.2) is 5.11 Å². The second-order valence-corrected chi connectivity index (χ2v) is 8.46. The molecule has 0 unspecified atom stereocenters. The second-order valence-electron chi connectivity index (χ2n) is 5.69. The average Bonchev–Trinajstić information content (AvgIpc) is 2.61. The number of carbonyl (C=O) groups is 1. The van der Waals surface area contributed by atoms with Crippen molar-refractivity contribution >= 4 is 69.4 Å². The van der Waals surface area contributed by atoms with Crippen LogP contribution in [-0.2, 0) is 0 Å². The van der Waals surface area contributed by atoms with Crippen molar-refractivity contribution in [3.63, 3.8) is 0 Å². The lowest BCUT2D eigenvalue weighted by Crippen LogP contribution is -2.56. The van der Waals surface area contributed by atoms with Gasteiger partial charge in [-0.2, -0.15) is 0 Å². The Morgan fingerprint density at radius 1 is 1.11 bits per heavy atom. The maximum absolute atomic E-state index is 12.4. The molecule has 1 amide bonds. The molecule has 0 fully saturated rings. The predicted octanol–water partition coefficient (Wildman–Crippen LogP) is 4.32. The molecule has 0 aromatic heterocycles. The van der Waals surface area contributed by atoms with Gasteiger partial charge in [-0.15, -0.1) is 0 Å². The molecule has 148 valence electrons. The van der Waals surface area contributed by atoms with E-state index in [0.29, 0.717) is 5.56 Å². The minimum absolute atomic E-state index is 0.0742. The third kappa shape index (κ3) is 6.20. The number of nitrogens with one attached hydrogen (secondary N) is 3. The number of para-hydroxylation sites is 2. The van der Waals surface area contributed by atoms with Crippen LogP contribution in [0.4, 0.5) is 11.4 Å². The third-order valence-corrected chi connectivity index (χ3v) is 4.42. The Labute approximate surface area is 181 Å². The molecule has 0 spiro atoms. The molecule has 7 nitrogen and oxygen atoms in total. The highest BCUT2D eigenvalue weighted by molar-refractivity contribution is 7.80. The van der Waals surface area contributed by atoms with Gasteiger partial charge in [-0.1, -0.05) is 64.6 Å². The van der Waals surface area contributed by atoms with Crippen molar-refractivity contribution < 1.29 is 9.72 Å². The van der Waals surface area contributed by atoms with Gasteiger partial charge in [-0.3, -0.25) is 14.9 Å². The average molecular weight is 462 g/mol. The molecular formula is C17H15Cl3N4O3S. The normalized spacial score (nSPS) is 12.0. The van der Waals surface area contributed by atoms with E-state index in [0.717, 1.165) is 5.56 Å². The van der Waals surface area contributed by atoms with E-state index in [1.165, 1.54) is 18.2 Å². The Hall–Kier alpha value is -2.13. The Bertz CT molecular complexity index is 888. The number of alkyl halides is 3. The van der Waals surface area contributed by atoms with E-state index in [4.69, 9.17) is 47.0 Å². The number of nitro benzene ring substituents is 1. The van der Waals surface area contributed by atoms with Crippen LogP contribution in [0.25, 0.3) is 0 Å². The summed E-state index contributed by atoms with van der Waals surface area (Å²) >= 11 is 23.0. The fourth-order valence-electron chi connectivity index (χ4n) is 2.15. The summed E-state index contributed by atoms with van der Waals surface area (Å²) < 4.78 is -1.95. The molecule has 0 saturated heterocycles. The van der Waals surface area contributed by atoms with Crippen molar-refractivity contribution in [2.24, 2.45) is 0 Å². The van der Waals surface area contributed by atoms with Crippen LogP contribution >= 0.6 is 47.0 Å². The summed E-state index contributed by atoms with van der Waals surface area (Å²) in [5.41, 5.74) is 1.32. The molecule has 0 aliphatic heterocycles. The van der Waals surface area contributed by atoms with Crippen molar-refractivity contribution in [3.05, 3.63) is 69.8 Å². The van der Waals surface area contributed by atoms with Crippen LogP contribution in [0, 0.1) is 17.0 Å². The molecule has 1 atom stereocenters. The summed E-state index contributed by atoms with van der Waals surface area (Å²) in [4.78, 5) is 22.9. The van der Waals surface area contributed by atoms with E-state index in [2.05, 4.69) is 16.0 Å². The predicted molar refractivity (Wildman–Crippen MR) is 115 cm³/mol. The number of carbonyl (C=O) groups excluding carboxylic acids is 1. The van der Waals surface area contributed by atoms with Gasteiger partial charge in [0, 0.05) is 11.6 Å². The van der Waals surface area contributed by atoms with Crippen molar-refractivity contribution in [2.45, 2.75) is 16.9 Å². The first-order valence-corrected chi connectivity index (χ1v) is 9.37. The molecule has 0 heterocycles. The molecule has 3 N–H and O–H groups in total. The number of amides is 1. The zero-order valence-electron chi connectivity index (χ0n) is 14.4. The summed E-state index contributed by atoms with van der Waals surface area (Å²) in [7, 11) is 0. The van der Waals surface area contributed by atoms with Crippen LogP contribution in [0.1, 0.15) is 15.9 Å². The van der Waals surface area contributed by atoms with Gasteiger partial charge < -0.3 is 16.0 Å². The fraction of sp³-hybridized carbons (Fsp3) is 0.176. The number of rotatable bonds is 5. The van der Waals surface area contributed by atoms with Gasteiger partial charge in [0.25, 0.3) is 11.6 Å². The summed E-state index contributed by atoms with van der Waals surface area (Å²) in [5, 5.41) is 18.9. The Morgan fingerprint density at radius 3 is 2.29 bits per heavy atom. The van der Waals surface area contributed by atoms with Crippen molar-refractivity contribution in [1.29, 1.82) is 0 Å². The Kier molecular flexibility index (Phi) is 7.42. The first-order valence-electron chi connectivity index (χ1n) is 7.83. The molecule has 2 aromatic carbocycles.